The second-order valence-electron chi connectivity index (χ2n) is 6.43. The van der Waals surface area contributed by atoms with Crippen LogP contribution in [0.1, 0.15) is 43.0 Å². The minimum absolute atomic E-state index is 0.355. The third-order valence-corrected chi connectivity index (χ3v) is 3.83. The maximum Gasteiger partial charge on any atom is 0.295 e. The van der Waals surface area contributed by atoms with Crippen molar-refractivity contribution in [2.45, 2.75) is 53.1 Å². The summed E-state index contributed by atoms with van der Waals surface area (Å²) >= 11 is 0. The molecule has 0 aliphatic rings. The minimum atomic E-state index is -2.12. The number of hydrogen-bond donors (Lipinski definition) is 2. The molecule has 2 rings (SSSR count). The highest BCUT2D eigenvalue weighted by atomic mass is 17.0. The van der Waals surface area contributed by atoms with Crippen molar-refractivity contribution in [3.05, 3.63) is 57.2 Å². The first kappa shape index (κ1) is 28.0. The smallest absolute Gasteiger partial charge is 0.295 e. The monoisotopic (exact) mass is 453 g/mol. The highest BCUT2D eigenvalue weighted by Gasteiger charge is 2.14. The molecule has 0 radical (unpaired) electrons. The third-order valence-electron chi connectivity index (χ3n) is 3.83. The van der Waals surface area contributed by atoms with Crippen molar-refractivity contribution < 1.29 is 49.9 Å². The molecular weight excluding hydrogens is 426 g/mol. The van der Waals surface area contributed by atoms with E-state index < -0.39 is 29.6 Å². The lowest BCUT2D eigenvalue weighted by Crippen LogP contribution is -2.42. The van der Waals surface area contributed by atoms with Crippen LogP contribution in [0.25, 0.3) is 0 Å². The van der Waals surface area contributed by atoms with Crippen molar-refractivity contribution in [3.63, 3.8) is 0 Å². The van der Waals surface area contributed by atoms with Crippen LogP contribution in [0.2, 0.25) is 0 Å². The van der Waals surface area contributed by atoms with Gasteiger partial charge in [0.15, 0.2) is 29.0 Å². The summed E-state index contributed by atoms with van der Waals surface area (Å²) in [4.78, 5) is 38.9. The Morgan fingerprint density at radius 3 is 1.62 bits per heavy atom. The Morgan fingerprint density at radius 2 is 1.38 bits per heavy atom. The van der Waals surface area contributed by atoms with E-state index in [1.54, 1.807) is 12.1 Å². The molecule has 1 atom stereocenters. The molecule has 0 saturated carbocycles. The number of aromatic hydroxyl groups is 2. The fourth-order valence-electron chi connectivity index (χ4n) is 2.25. The zero-order valence-electron chi connectivity index (χ0n) is 18.2. The first-order valence-corrected chi connectivity index (χ1v) is 9.54. The van der Waals surface area contributed by atoms with Crippen molar-refractivity contribution in [1.29, 1.82) is 0 Å². The number of aromatic nitrogens is 2. The predicted octanol–water partition coefficient (Wildman–Crippen LogP) is -1.39. The van der Waals surface area contributed by atoms with Crippen LogP contribution in [0.15, 0.2) is 24.3 Å². The Bertz CT molecular complexity index is 852. The topological polar surface area (TPSA) is 201 Å². The molecule has 0 spiro atoms. The van der Waals surface area contributed by atoms with Gasteiger partial charge < -0.3 is 34.9 Å². The summed E-state index contributed by atoms with van der Waals surface area (Å²) in [6, 6.07) is 7.14. The van der Waals surface area contributed by atoms with E-state index in [2.05, 4.69) is 14.8 Å². The van der Waals surface area contributed by atoms with Gasteiger partial charge in [-0.25, -0.2) is 9.97 Å². The van der Waals surface area contributed by atoms with Crippen molar-refractivity contribution in [1.82, 2.24) is 0 Å². The van der Waals surface area contributed by atoms with Gasteiger partial charge in [-0.1, -0.05) is 13.8 Å². The number of carboxylic acids is 2. The van der Waals surface area contributed by atoms with Gasteiger partial charge in [-0.05, 0) is 12.1 Å². The Labute approximate surface area is 184 Å². The molecule has 0 aliphatic heterocycles. The lowest BCUT2D eigenvalue weighted by atomic mass is 10.2. The summed E-state index contributed by atoms with van der Waals surface area (Å²) in [5.74, 6) is -3.04. The van der Waals surface area contributed by atoms with E-state index in [0.717, 1.165) is 35.6 Å². The summed E-state index contributed by atoms with van der Waals surface area (Å²) in [5, 5.41) is 46.3. The molecule has 4 N–H and O–H groups in total. The second-order valence-corrected chi connectivity index (χ2v) is 6.43. The zero-order chi connectivity index (χ0) is 24.8. The number of nitrogens with one attached hydrogen (secondary N) is 2. The van der Waals surface area contributed by atoms with Gasteiger partial charge in [-0.2, -0.15) is 0 Å². The van der Waals surface area contributed by atoms with Gasteiger partial charge in [0.1, 0.15) is 0 Å². The van der Waals surface area contributed by atoms with E-state index in [0.29, 0.717) is 11.5 Å². The largest absolute Gasteiger partial charge is 0.550 e. The molecule has 0 amide bonds. The highest BCUT2D eigenvalue weighted by molar-refractivity contribution is 5.77. The van der Waals surface area contributed by atoms with E-state index in [4.69, 9.17) is 0 Å². The second kappa shape index (κ2) is 14.1. The molecule has 0 aromatic carbocycles. The number of hydrogen-bond acceptors (Lipinski definition) is 9. The lowest BCUT2D eigenvalue weighted by Gasteiger charge is -2.15. The maximum absolute atomic E-state index is 9.94. The SMILES string of the molecule is CCc1[nH+]c(C)ccc1O.CCc1[nH+]c(C)ccc1O.O=C([O-])CC(O[N+](=O)[O-])C(=O)[O-]. The van der Waals surface area contributed by atoms with Gasteiger partial charge in [0.25, 0.3) is 5.09 Å². The van der Waals surface area contributed by atoms with E-state index in [1.807, 2.05) is 39.8 Å². The maximum atomic E-state index is 9.94. The third kappa shape index (κ3) is 11.3. The Balaban J connectivity index is 0.000000452. The molecule has 32 heavy (non-hydrogen) atoms. The van der Waals surface area contributed by atoms with E-state index in [1.165, 1.54) is 0 Å². The number of aromatic amines is 2. The van der Waals surface area contributed by atoms with Crippen LogP contribution in [0.3, 0.4) is 0 Å². The summed E-state index contributed by atoms with van der Waals surface area (Å²) in [7, 11) is 0. The molecule has 1 unspecified atom stereocenters. The number of carbonyl (C=O) groups excluding carboxylic acids is 2. The molecule has 12 nitrogen and oxygen atoms in total. The average Bonchev–Trinajstić information content (AvgIpc) is 2.71. The zero-order valence-corrected chi connectivity index (χ0v) is 18.2. The molecule has 2 heterocycles. The molecular formula is C20H27N3O9. The summed E-state index contributed by atoms with van der Waals surface area (Å²) in [5.41, 5.74) is 3.96. The van der Waals surface area contributed by atoms with Gasteiger partial charge in [0, 0.05) is 51.2 Å². The molecule has 0 fully saturated rings. The van der Waals surface area contributed by atoms with Gasteiger partial charge in [0.2, 0.25) is 11.4 Å². The molecule has 12 heteroatoms. The lowest BCUT2D eigenvalue weighted by molar-refractivity contribution is -0.766. The van der Waals surface area contributed by atoms with Crippen molar-refractivity contribution in [2.24, 2.45) is 0 Å². The van der Waals surface area contributed by atoms with E-state index in [-0.39, 0.29) is 0 Å². The summed E-state index contributed by atoms with van der Waals surface area (Å²) < 4.78 is 0. The van der Waals surface area contributed by atoms with Gasteiger partial charge in [-0.15, -0.1) is 10.1 Å². The minimum Gasteiger partial charge on any atom is -0.550 e. The van der Waals surface area contributed by atoms with Crippen molar-refractivity contribution in [3.8, 4) is 11.5 Å². The van der Waals surface area contributed by atoms with Crippen LogP contribution in [0.4, 0.5) is 0 Å². The quantitative estimate of drug-likeness (QED) is 0.373. The van der Waals surface area contributed by atoms with Crippen LogP contribution in [0.5, 0.6) is 11.5 Å². The molecule has 0 aliphatic carbocycles. The predicted molar refractivity (Wildman–Crippen MR) is 104 cm³/mol. The van der Waals surface area contributed by atoms with Gasteiger partial charge >= 0.3 is 0 Å². The Kier molecular flexibility index (Phi) is 12.4. The molecule has 0 bridgehead atoms. The number of rotatable bonds is 7. The van der Waals surface area contributed by atoms with Crippen molar-refractivity contribution >= 4 is 11.9 Å². The fraction of sp³-hybridized carbons (Fsp3) is 0.400. The molecule has 2 aromatic heterocycles. The number of aryl methyl sites for hydroxylation is 4. The number of aliphatic carboxylic acids is 2. The number of nitrogens with zero attached hydrogens (tertiary/aromatic N) is 1. The normalized spacial score (nSPS) is 10.5. The van der Waals surface area contributed by atoms with Crippen LogP contribution >= 0.6 is 0 Å². The first-order chi connectivity index (χ1) is 14.9. The van der Waals surface area contributed by atoms with E-state index in [9.17, 15) is 40.1 Å². The van der Waals surface area contributed by atoms with Gasteiger partial charge in [0.05, 0.1) is 5.97 Å². The standard InChI is InChI=1S/2C8H11NO.C4H5NO7/c2*1-3-7-8(10)5-4-6(2)9-7;6-3(7)1-2(4(8)9)12-5(10)11/h2*4-5,10H,3H2,1-2H3;2H,1H2,(H,6,7)(H,8,9). The van der Waals surface area contributed by atoms with Crippen molar-refractivity contribution in [2.75, 3.05) is 0 Å². The Morgan fingerprint density at radius 1 is 0.969 bits per heavy atom. The van der Waals surface area contributed by atoms with E-state index >= 15 is 0 Å². The highest BCUT2D eigenvalue weighted by Crippen LogP contribution is 2.11. The average molecular weight is 453 g/mol. The Hall–Kier alpha value is -3.96. The summed E-state index contributed by atoms with van der Waals surface area (Å²) in [6.45, 7) is 7.95. The number of carboxylic acid groups (broad SMARTS) is 2. The number of H-pyrrole nitrogens is 2. The van der Waals surface area contributed by atoms with Gasteiger partial charge in [-0.3, -0.25) is 0 Å². The number of pyridine rings is 2. The molecule has 176 valence electrons. The van der Waals surface area contributed by atoms with Crippen LogP contribution in [-0.4, -0.2) is 33.3 Å². The van der Waals surface area contributed by atoms with Crippen LogP contribution in [-0.2, 0) is 27.3 Å². The molecule has 2 aromatic rings. The number of carbonyl (C=O) groups is 2. The van der Waals surface area contributed by atoms with Crippen LogP contribution in [0, 0.1) is 24.0 Å². The summed E-state index contributed by atoms with van der Waals surface area (Å²) in [6.07, 6.45) is -1.56. The fourth-order valence-corrected chi connectivity index (χ4v) is 2.25. The molecule has 0 saturated heterocycles. The van der Waals surface area contributed by atoms with Crippen LogP contribution < -0.4 is 20.2 Å². The first-order valence-electron chi connectivity index (χ1n) is 9.54.